The number of methoxy groups -OCH3 is 1. The van der Waals surface area contributed by atoms with Crippen molar-refractivity contribution in [3.8, 4) is 11.5 Å². The standard InChI is InChI=1S/C19H22N2O9S2/c1-28-16-6-2-14(3-7-16)19(23,31)20-10-12-32(26,27)13-11-29-18(22)30-17-8-4-15(5-9-17)21(24)25/h2-9,20,23,31H,10-13H2,1H3/t19-/m0/s1. The van der Waals surface area contributed by atoms with E-state index < -0.39 is 38.3 Å². The first-order valence-electron chi connectivity index (χ1n) is 9.16. The molecule has 0 saturated carbocycles. The normalized spacial score (nSPS) is 13.1. The Morgan fingerprint density at radius 3 is 2.28 bits per heavy atom. The van der Waals surface area contributed by atoms with E-state index in [0.29, 0.717) is 11.3 Å². The summed E-state index contributed by atoms with van der Waals surface area (Å²) in [5, 5.41) is 21.8. The number of hydrogen-bond acceptors (Lipinski definition) is 11. The minimum Gasteiger partial charge on any atom is -0.497 e. The molecule has 0 amide bonds. The summed E-state index contributed by atoms with van der Waals surface area (Å²) in [4.78, 5) is 21.6. The number of non-ortho nitro benzene ring substituents is 1. The Labute approximate surface area is 189 Å². The first-order chi connectivity index (χ1) is 15.0. The highest BCUT2D eigenvalue weighted by Gasteiger charge is 2.24. The van der Waals surface area contributed by atoms with Crippen molar-refractivity contribution in [1.82, 2.24) is 5.32 Å². The molecule has 0 aromatic heterocycles. The van der Waals surface area contributed by atoms with Crippen LogP contribution in [0.5, 0.6) is 11.5 Å². The van der Waals surface area contributed by atoms with Crippen LogP contribution < -0.4 is 14.8 Å². The molecule has 2 rings (SSSR count). The average molecular weight is 487 g/mol. The number of carbonyl (C=O) groups is 1. The van der Waals surface area contributed by atoms with Gasteiger partial charge in [0, 0.05) is 24.2 Å². The van der Waals surface area contributed by atoms with E-state index >= 15 is 0 Å². The number of ether oxygens (including phenoxy) is 3. The third kappa shape index (κ3) is 8.00. The average Bonchev–Trinajstić information content (AvgIpc) is 2.73. The quantitative estimate of drug-likeness (QED) is 0.107. The predicted octanol–water partition coefficient (Wildman–Crippen LogP) is 1.86. The van der Waals surface area contributed by atoms with Crippen molar-refractivity contribution >= 4 is 34.3 Å². The third-order valence-electron chi connectivity index (χ3n) is 4.14. The molecule has 0 aliphatic rings. The number of nitro groups is 1. The van der Waals surface area contributed by atoms with Crippen molar-refractivity contribution < 1.29 is 37.5 Å². The van der Waals surface area contributed by atoms with Gasteiger partial charge in [-0.1, -0.05) is 12.1 Å². The van der Waals surface area contributed by atoms with Crippen molar-refractivity contribution in [2.24, 2.45) is 0 Å². The third-order valence-corrected chi connectivity index (χ3v) is 6.17. The Morgan fingerprint density at radius 2 is 1.72 bits per heavy atom. The summed E-state index contributed by atoms with van der Waals surface area (Å²) in [6.07, 6.45) is -1.14. The molecule has 0 aliphatic carbocycles. The maximum atomic E-state index is 12.1. The molecule has 174 valence electrons. The van der Waals surface area contributed by atoms with E-state index in [1.807, 2.05) is 0 Å². The number of nitro benzene ring substituents is 1. The monoisotopic (exact) mass is 486 g/mol. The molecule has 0 spiro atoms. The first kappa shape index (κ1) is 25.4. The molecule has 0 saturated heterocycles. The van der Waals surface area contributed by atoms with E-state index in [2.05, 4.69) is 17.9 Å². The van der Waals surface area contributed by atoms with E-state index in [9.17, 15) is 28.4 Å². The van der Waals surface area contributed by atoms with Crippen molar-refractivity contribution in [3.63, 3.8) is 0 Å². The Kier molecular flexibility index (Phi) is 8.83. The van der Waals surface area contributed by atoms with Gasteiger partial charge >= 0.3 is 6.16 Å². The number of nitrogens with one attached hydrogen (secondary N) is 1. The highest BCUT2D eigenvalue weighted by atomic mass is 32.2. The molecule has 2 aromatic rings. The Bertz CT molecular complexity index is 1020. The van der Waals surface area contributed by atoms with E-state index in [0.717, 1.165) is 12.1 Å². The lowest BCUT2D eigenvalue weighted by molar-refractivity contribution is -0.384. The maximum Gasteiger partial charge on any atom is 0.513 e. The predicted molar refractivity (Wildman–Crippen MR) is 118 cm³/mol. The summed E-state index contributed by atoms with van der Waals surface area (Å²) >= 11 is 4.12. The lowest BCUT2D eigenvalue weighted by Gasteiger charge is -2.24. The summed E-state index contributed by atoms with van der Waals surface area (Å²) in [6.45, 7) is -0.556. The zero-order chi connectivity index (χ0) is 23.8. The van der Waals surface area contributed by atoms with Gasteiger partial charge in [-0.3, -0.25) is 15.4 Å². The molecule has 2 aromatic carbocycles. The molecule has 0 radical (unpaired) electrons. The molecule has 0 aliphatic heterocycles. The molecule has 0 bridgehead atoms. The zero-order valence-electron chi connectivity index (χ0n) is 17.0. The smallest absolute Gasteiger partial charge is 0.497 e. The van der Waals surface area contributed by atoms with Crippen LogP contribution in [-0.2, 0) is 19.6 Å². The summed E-state index contributed by atoms with van der Waals surface area (Å²) in [7, 11) is -2.11. The fraction of sp³-hybridized carbons (Fsp3) is 0.316. The highest BCUT2D eigenvalue weighted by molar-refractivity contribution is 7.91. The van der Waals surface area contributed by atoms with Crippen LogP contribution in [-0.4, -0.2) is 56.4 Å². The number of hydrogen-bond donors (Lipinski definition) is 3. The Balaban J connectivity index is 1.74. The molecule has 1 atom stereocenters. The molecular formula is C19H22N2O9S2. The van der Waals surface area contributed by atoms with Crippen molar-refractivity contribution in [1.29, 1.82) is 0 Å². The second-order valence-corrected chi connectivity index (χ2v) is 9.38. The minimum atomic E-state index is -3.62. The molecule has 2 N–H and O–H groups in total. The summed E-state index contributed by atoms with van der Waals surface area (Å²) in [5.74, 6) is -0.198. The summed E-state index contributed by atoms with van der Waals surface area (Å²) in [6, 6.07) is 11.1. The number of benzene rings is 2. The van der Waals surface area contributed by atoms with E-state index in [-0.39, 0.29) is 23.7 Å². The van der Waals surface area contributed by atoms with Crippen LogP contribution in [0.1, 0.15) is 5.56 Å². The van der Waals surface area contributed by atoms with Gasteiger partial charge in [-0.15, -0.1) is 12.6 Å². The number of carbonyl (C=O) groups excluding carboxylic acids is 1. The lowest BCUT2D eigenvalue weighted by Crippen LogP contribution is -2.40. The Morgan fingerprint density at radius 1 is 1.12 bits per heavy atom. The number of aliphatic hydroxyl groups is 1. The molecular weight excluding hydrogens is 464 g/mol. The van der Waals surface area contributed by atoms with E-state index in [1.165, 1.54) is 19.2 Å². The van der Waals surface area contributed by atoms with Crippen LogP contribution in [0.25, 0.3) is 0 Å². The fourth-order valence-corrected chi connectivity index (χ4v) is 3.64. The van der Waals surface area contributed by atoms with Crippen LogP contribution in [0.3, 0.4) is 0 Å². The number of sulfone groups is 1. The van der Waals surface area contributed by atoms with Gasteiger partial charge in [0.25, 0.3) is 5.69 Å². The highest BCUT2D eigenvalue weighted by Crippen LogP contribution is 2.24. The number of thiol groups is 1. The number of nitrogens with zero attached hydrogens (tertiary/aromatic N) is 1. The van der Waals surface area contributed by atoms with E-state index in [1.54, 1.807) is 24.3 Å². The van der Waals surface area contributed by atoms with Gasteiger partial charge in [0.15, 0.2) is 14.9 Å². The molecule has 0 unspecified atom stereocenters. The van der Waals surface area contributed by atoms with Gasteiger partial charge < -0.3 is 19.3 Å². The minimum absolute atomic E-state index is 0.0132. The second kappa shape index (κ2) is 11.1. The largest absolute Gasteiger partial charge is 0.513 e. The zero-order valence-corrected chi connectivity index (χ0v) is 18.7. The molecule has 32 heavy (non-hydrogen) atoms. The Hall–Kier alpha value is -2.87. The van der Waals surface area contributed by atoms with Crippen molar-refractivity contribution in [2.75, 3.05) is 31.8 Å². The first-order valence-corrected chi connectivity index (χ1v) is 11.4. The van der Waals surface area contributed by atoms with E-state index in [4.69, 9.17) is 14.2 Å². The van der Waals surface area contributed by atoms with Crippen LogP contribution in [0.2, 0.25) is 0 Å². The van der Waals surface area contributed by atoms with Gasteiger partial charge in [-0.05, 0) is 24.3 Å². The van der Waals surface area contributed by atoms with Crippen molar-refractivity contribution in [3.05, 3.63) is 64.2 Å². The topological polar surface area (TPSA) is 154 Å². The number of rotatable bonds is 11. The molecule has 0 fully saturated rings. The molecule has 0 heterocycles. The lowest BCUT2D eigenvalue weighted by atomic mass is 10.2. The second-order valence-electron chi connectivity index (χ2n) is 6.43. The maximum absolute atomic E-state index is 12.1. The van der Waals surface area contributed by atoms with Gasteiger partial charge in [0.1, 0.15) is 18.1 Å². The molecule has 13 heteroatoms. The SMILES string of the molecule is COc1ccc([C@](O)(S)NCCS(=O)(=O)CCOC(=O)Oc2ccc([N+](=O)[O-])cc2)cc1. The van der Waals surface area contributed by atoms with Crippen molar-refractivity contribution in [2.45, 2.75) is 5.06 Å². The van der Waals surface area contributed by atoms with Crippen LogP contribution in [0, 0.1) is 10.1 Å². The van der Waals surface area contributed by atoms with Crippen LogP contribution in [0.4, 0.5) is 10.5 Å². The van der Waals surface area contributed by atoms with Gasteiger partial charge in [0.2, 0.25) is 0 Å². The summed E-state index contributed by atoms with van der Waals surface area (Å²) < 4.78 is 38.8. The molecule has 11 nitrogen and oxygen atoms in total. The van der Waals surface area contributed by atoms with Gasteiger partial charge in [0.05, 0.1) is 23.5 Å². The van der Waals surface area contributed by atoms with Crippen LogP contribution in [0.15, 0.2) is 48.5 Å². The van der Waals surface area contributed by atoms with Gasteiger partial charge in [-0.2, -0.15) is 0 Å². The fourth-order valence-electron chi connectivity index (χ4n) is 2.42. The van der Waals surface area contributed by atoms with Gasteiger partial charge in [-0.25, -0.2) is 13.2 Å². The van der Waals surface area contributed by atoms with Crippen LogP contribution >= 0.6 is 12.6 Å². The summed E-state index contributed by atoms with van der Waals surface area (Å²) in [5.41, 5.74) is 0.224.